The zero-order chi connectivity index (χ0) is 15.8. The highest BCUT2D eigenvalue weighted by Crippen LogP contribution is 2.30. The Kier molecular flexibility index (Phi) is 3.70. The Labute approximate surface area is 144 Å². The van der Waals surface area contributed by atoms with Crippen LogP contribution in [0.4, 0.5) is 0 Å². The second-order valence-corrected chi connectivity index (χ2v) is 7.10. The molecule has 3 aromatic rings. The lowest BCUT2D eigenvalue weighted by Gasteiger charge is -2.37. The van der Waals surface area contributed by atoms with E-state index in [0.29, 0.717) is 30.4 Å². The van der Waals surface area contributed by atoms with Gasteiger partial charge in [-0.1, -0.05) is 11.2 Å². The summed E-state index contributed by atoms with van der Waals surface area (Å²) in [7, 11) is 0. The summed E-state index contributed by atoms with van der Waals surface area (Å²) in [6.45, 7) is 1.16. The number of aromatic nitrogens is 3. The molecule has 1 aliphatic rings. The molecule has 0 radical (unpaired) electrons. The summed E-state index contributed by atoms with van der Waals surface area (Å²) in [6, 6.07) is 5.67. The van der Waals surface area contributed by atoms with E-state index in [0.717, 1.165) is 9.35 Å². The van der Waals surface area contributed by atoms with Gasteiger partial charge in [-0.15, -0.1) is 11.3 Å². The van der Waals surface area contributed by atoms with Crippen molar-refractivity contribution >= 4 is 33.2 Å². The van der Waals surface area contributed by atoms with Gasteiger partial charge in [-0.05, 0) is 33.4 Å². The summed E-state index contributed by atoms with van der Waals surface area (Å²) >= 11 is 4.89. The van der Waals surface area contributed by atoms with E-state index in [4.69, 9.17) is 4.52 Å². The van der Waals surface area contributed by atoms with Crippen LogP contribution in [0.1, 0.15) is 22.2 Å². The topological polar surface area (TPSA) is 72.1 Å². The third-order valence-corrected chi connectivity index (χ3v) is 4.95. The number of nitrogens with zero attached hydrogens (tertiary/aromatic N) is 4. The number of carbonyl (C=O) groups is 1. The van der Waals surface area contributed by atoms with Crippen molar-refractivity contribution in [2.45, 2.75) is 5.92 Å². The van der Waals surface area contributed by atoms with E-state index < -0.39 is 0 Å². The number of hydrogen-bond donors (Lipinski definition) is 0. The van der Waals surface area contributed by atoms with E-state index in [1.54, 1.807) is 34.7 Å². The summed E-state index contributed by atoms with van der Waals surface area (Å²) in [5, 5.41) is 5.98. The molecule has 4 heterocycles. The molecule has 1 fully saturated rings. The molecule has 0 atom stereocenters. The molecule has 1 amide bonds. The molecule has 0 N–H and O–H groups in total. The number of carbonyl (C=O) groups excluding carboxylic acids is 1. The Morgan fingerprint density at radius 3 is 3.00 bits per heavy atom. The van der Waals surface area contributed by atoms with Crippen molar-refractivity contribution in [1.29, 1.82) is 0 Å². The third-order valence-electron chi connectivity index (χ3n) is 3.65. The van der Waals surface area contributed by atoms with Crippen LogP contribution < -0.4 is 0 Å². The third kappa shape index (κ3) is 2.79. The number of pyridine rings is 1. The second-order valence-electron chi connectivity index (χ2n) is 5.23. The van der Waals surface area contributed by atoms with E-state index in [-0.39, 0.29) is 11.8 Å². The van der Waals surface area contributed by atoms with Crippen LogP contribution in [0, 0.1) is 0 Å². The highest BCUT2D eigenvalue weighted by Gasteiger charge is 2.36. The summed E-state index contributed by atoms with van der Waals surface area (Å²) in [4.78, 5) is 23.5. The van der Waals surface area contributed by atoms with E-state index in [9.17, 15) is 4.79 Å². The first-order valence-electron chi connectivity index (χ1n) is 6.98. The fourth-order valence-corrected chi connectivity index (χ4v) is 3.43. The molecular formula is C15H11BrN4O2S. The summed E-state index contributed by atoms with van der Waals surface area (Å²) in [6.07, 6.45) is 3.22. The monoisotopic (exact) mass is 390 g/mol. The molecule has 23 heavy (non-hydrogen) atoms. The van der Waals surface area contributed by atoms with Gasteiger partial charge in [0.15, 0.2) is 0 Å². The lowest BCUT2D eigenvalue weighted by Crippen LogP contribution is -2.48. The molecular weight excluding hydrogens is 380 g/mol. The number of thiophene rings is 1. The van der Waals surface area contributed by atoms with Crippen LogP contribution in [0.15, 0.2) is 45.0 Å². The molecule has 0 bridgehead atoms. The van der Waals surface area contributed by atoms with Crippen LogP contribution in [-0.4, -0.2) is 39.0 Å². The molecule has 1 saturated heterocycles. The zero-order valence-electron chi connectivity index (χ0n) is 11.8. The van der Waals surface area contributed by atoms with Crippen LogP contribution in [0.2, 0.25) is 0 Å². The fourth-order valence-electron chi connectivity index (χ4n) is 2.42. The predicted molar refractivity (Wildman–Crippen MR) is 88.2 cm³/mol. The minimum Gasteiger partial charge on any atom is -0.339 e. The summed E-state index contributed by atoms with van der Waals surface area (Å²) < 4.78 is 6.12. The Morgan fingerprint density at radius 2 is 2.26 bits per heavy atom. The maximum Gasteiger partial charge on any atom is 0.255 e. The van der Waals surface area contributed by atoms with Gasteiger partial charge in [-0.3, -0.25) is 9.78 Å². The number of halogens is 1. The Balaban J connectivity index is 1.43. The zero-order valence-corrected chi connectivity index (χ0v) is 14.2. The number of amides is 1. The molecule has 0 unspecified atom stereocenters. The number of likely N-dealkylation sites (tertiary alicyclic amines) is 1. The summed E-state index contributed by atoms with van der Waals surface area (Å²) in [5.74, 6) is 1.26. The molecule has 4 rings (SSSR count). The number of rotatable bonds is 3. The van der Waals surface area contributed by atoms with E-state index >= 15 is 0 Å². The Hall–Kier alpha value is -2.06. The van der Waals surface area contributed by atoms with Gasteiger partial charge < -0.3 is 9.42 Å². The SMILES string of the molecule is O=C(c1cncc(Br)c1)N1CC(c2nc(-c3cccs3)no2)C1. The maximum atomic E-state index is 12.3. The predicted octanol–water partition coefficient (Wildman–Crippen LogP) is 3.20. The Morgan fingerprint density at radius 1 is 1.39 bits per heavy atom. The van der Waals surface area contributed by atoms with Crippen molar-refractivity contribution in [2.24, 2.45) is 0 Å². The van der Waals surface area contributed by atoms with Gasteiger partial charge >= 0.3 is 0 Å². The summed E-state index contributed by atoms with van der Waals surface area (Å²) in [5.41, 5.74) is 0.572. The molecule has 6 nitrogen and oxygen atoms in total. The van der Waals surface area contributed by atoms with Gasteiger partial charge in [0.2, 0.25) is 11.7 Å². The van der Waals surface area contributed by atoms with Crippen LogP contribution in [0.3, 0.4) is 0 Å². The van der Waals surface area contributed by atoms with Crippen LogP contribution in [-0.2, 0) is 0 Å². The van der Waals surface area contributed by atoms with Crippen LogP contribution in [0.25, 0.3) is 10.7 Å². The molecule has 116 valence electrons. The van der Waals surface area contributed by atoms with Crippen molar-refractivity contribution in [2.75, 3.05) is 13.1 Å². The molecule has 0 spiro atoms. The van der Waals surface area contributed by atoms with Crippen molar-refractivity contribution in [3.8, 4) is 10.7 Å². The average molecular weight is 391 g/mol. The van der Waals surface area contributed by atoms with Crippen LogP contribution in [0.5, 0.6) is 0 Å². The lowest BCUT2D eigenvalue weighted by atomic mass is 9.99. The first-order chi connectivity index (χ1) is 11.2. The second kappa shape index (κ2) is 5.86. The van der Waals surface area contributed by atoms with Gasteiger partial charge in [0.1, 0.15) is 0 Å². The highest BCUT2D eigenvalue weighted by molar-refractivity contribution is 9.10. The van der Waals surface area contributed by atoms with E-state index in [1.807, 2.05) is 17.5 Å². The van der Waals surface area contributed by atoms with Gasteiger partial charge in [-0.2, -0.15) is 4.98 Å². The van der Waals surface area contributed by atoms with E-state index in [1.165, 1.54) is 0 Å². The molecule has 0 saturated carbocycles. The smallest absolute Gasteiger partial charge is 0.255 e. The molecule has 3 aromatic heterocycles. The van der Waals surface area contributed by atoms with Crippen molar-refractivity contribution < 1.29 is 9.32 Å². The standard InChI is InChI=1S/C15H11BrN4O2S/c16-11-4-9(5-17-6-11)15(21)20-7-10(8-20)14-18-13(19-22-14)12-2-1-3-23-12/h1-6,10H,7-8H2. The first kappa shape index (κ1) is 14.5. The van der Waals surface area contributed by atoms with Gasteiger partial charge in [-0.25, -0.2) is 0 Å². The highest BCUT2D eigenvalue weighted by atomic mass is 79.9. The molecule has 0 aromatic carbocycles. The van der Waals surface area contributed by atoms with Crippen molar-refractivity contribution in [3.05, 3.63) is 51.9 Å². The Bertz CT molecular complexity index is 843. The minimum absolute atomic E-state index is 0.0342. The van der Waals surface area contributed by atoms with E-state index in [2.05, 4.69) is 31.1 Å². The first-order valence-corrected chi connectivity index (χ1v) is 8.65. The molecule has 1 aliphatic heterocycles. The quantitative estimate of drug-likeness (QED) is 0.686. The minimum atomic E-state index is -0.0342. The van der Waals surface area contributed by atoms with Gasteiger partial charge in [0.25, 0.3) is 5.91 Å². The van der Waals surface area contributed by atoms with Gasteiger partial charge in [0, 0.05) is 30.0 Å². The van der Waals surface area contributed by atoms with Gasteiger partial charge in [0.05, 0.1) is 16.4 Å². The molecule has 0 aliphatic carbocycles. The maximum absolute atomic E-state index is 12.3. The largest absolute Gasteiger partial charge is 0.339 e. The normalized spacial score (nSPS) is 14.7. The van der Waals surface area contributed by atoms with Crippen LogP contribution >= 0.6 is 27.3 Å². The fraction of sp³-hybridized carbons (Fsp3) is 0.200. The number of hydrogen-bond acceptors (Lipinski definition) is 6. The lowest BCUT2D eigenvalue weighted by molar-refractivity contribution is 0.0568. The molecule has 8 heteroatoms. The average Bonchev–Trinajstić information content (AvgIpc) is 3.16. The van der Waals surface area contributed by atoms with Crippen molar-refractivity contribution in [3.63, 3.8) is 0 Å². The van der Waals surface area contributed by atoms with Crippen molar-refractivity contribution in [1.82, 2.24) is 20.0 Å².